The highest BCUT2D eigenvalue weighted by Gasteiger charge is 2.30. The van der Waals surface area contributed by atoms with Gasteiger partial charge < -0.3 is 10.8 Å². The third kappa shape index (κ3) is 2.83. The van der Waals surface area contributed by atoms with Crippen LogP contribution in [0.4, 0.5) is 0 Å². The van der Waals surface area contributed by atoms with E-state index in [1.807, 2.05) is 31.2 Å². The van der Waals surface area contributed by atoms with Gasteiger partial charge in [0.15, 0.2) is 0 Å². The molecular formula is C13H19NO2. The number of carboxylic acid groups (broad SMARTS) is 1. The molecule has 0 saturated carbocycles. The maximum Gasteiger partial charge on any atom is 0.309 e. The number of benzene rings is 1. The first-order chi connectivity index (χ1) is 7.34. The normalized spacial score (nSPS) is 13.5. The molecule has 88 valence electrons. The van der Waals surface area contributed by atoms with E-state index in [0.717, 1.165) is 11.1 Å². The molecule has 3 nitrogen and oxygen atoms in total. The van der Waals surface area contributed by atoms with Crippen molar-refractivity contribution in [1.29, 1.82) is 0 Å². The van der Waals surface area contributed by atoms with Gasteiger partial charge in [0.25, 0.3) is 0 Å². The number of aryl methyl sites for hydroxylation is 1. The van der Waals surface area contributed by atoms with Crippen LogP contribution in [0.25, 0.3) is 0 Å². The summed E-state index contributed by atoms with van der Waals surface area (Å²) in [4.78, 5) is 11.0. The van der Waals surface area contributed by atoms with Gasteiger partial charge in [-0.15, -0.1) is 0 Å². The van der Waals surface area contributed by atoms with Crippen molar-refractivity contribution in [2.45, 2.75) is 33.2 Å². The molecule has 0 fully saturated rings. The molecule has 1 rings (SSSR count). The molecule has 0 aromatic heterocycles. The number of hydrogen-bond donors (Lipinski definition) is 2. The third-order valence-electron chi connectivity index (χ3n) is 2.90. The Balaban J connectivity index is 2.85. The van der Waals surface area contributed by atoms with Crippen molar-refractivity contribution in [2.75, 3.05) is 0 Å². The number of carboxylic acids is 1. The molecule has 1 atom stereocenters. The molecule has 0 radical (unpaired) electrons. The zero-order valence-electron chi connectivity index (χ0n) is 10.0. The molecule has 3 heteroatoms. The largest absolute Gasteiger partial charge is 0.481 e. The molecule has 0 heterocycles. The average molecular weight is 221 g/mol. The first kappa shape index (κ1) is 12.7. The molecule has 0 amide bonds. The molecule has 0 saturated heterocycles. The quantitative estimate of drug-likeness (QED) is 0.821. The van der Waals surface area contributed by atoms with E-state index < -0.39 is 11.4 Å². The summed E-state index contributed by atoms with van der Waals surface area (Å²) in [5.41, 5.74) is 7.40. The lowest BCUT2D eigenvalue weighted by molar-refractivity contribution is -0.147. The van der Waals surface area contributed by atoms with Gasteiger partial charge in [-0.3, -0.25) is 4.79 Å². The average Bonchev–Trinajstić information content (AvgIpc) is 2.17. The minimum absolute atomic E-state index is 0.229. The van der Waals surface area contributed by atoms with Crippen LogP contribution in [0.3, 0.4) is 0 Å². The molecule has 1 aromatic carbocycles. The van der Waals surface area contributed by atoms with Crippen LogP contribution in [-0.4, -0.2) is 11.1 Å². The highest BCUT2D eigenvalue weighted by atomic mass is 16.4. The fourth-order valence-corrected chi connectivity index (χ4v) is 1.75. The summed E-state index contributed by atoms with van der Waals surface area (Å²) < 4.78 is 0. The Morgan fingerprint density at radius 2 is 2.00 bits per heavy atom. The summed E-state index contributed by atoms with van der Waals surface area (Å²) in [5, 5.41) is 9.05. The Hall–Kier alpha value is -1.35. The van der Waals surface area contributed by atoms with Gasteiger partial charge in [-0.25, -0.2) is 0 Å². The van der Waals surface area contributed by atoms with E-state index in [0.29, 0.717) is 6.42 Å². The van der Waals surface area contributed by atoms with Crippen molar-refractivity contribution < 1.29 is 9.90 Å². The third-order valence-corrected chi connectivity index (χ3v) is 2.90. The first-order valence-corrected chi connectivity index (χ1v) is 5.39. The van der Waals surface area contributed by atoms with E-state index >= 15 is 0 Å². The summed E-state index contributed by atoms with van der Waals surface area (Å²) in [6.45, 7) is 5.39. The van der Waals surface area contributed by atoms with Crippen molar-refractivity contribution >= 4 is 5.97 Å². The van der Waals surface area contributed by atoms with Crippen molar-refractivity contribution in [1.82, 2.24) is 0 Å². The van der Waals surface area contributed by atoms with Crippen LogP contribution in [-0.2, 0) is 4.79 Å². The molecule has 1 aromatic rings. The Kier molecular flexibility index (Phi) is 3.70. The molecular weight excluding hydrogens is 202 g/mol. The van der Waals surface area contributed by atoms with Crippen LogP contribution in [0.5, 0.6) is 0 Å². The molecule has 0 bridgehead atoms. The highest BCUT2D eigenvalue weighted by Crippen LogP contribution is 2.29. The minimum Gasteiger partial charge on any atom is -0.481 e. The standard InChI is InChI=1S/C13H19NO2/c1-9-6-4-5-7-10(9)11(14)8-13(2,3)12(15)16/h4-7,11H,8,14H2,1-3H3,(H,15,16). The maximum absolute atomic E-state index is 11.0. The lowest BCUT2D eigenvalue weighted by Crippen LogP contribution is -2.29. The molecule has 0 aliphatic heterocycles. The van der Waals surface area contributed by atoms with Crippen LogP contribution < -0.4 is 5.73 Å². The van der Waals surface area contributed by atoms with E-state index in [2.05, 4.69) is 0 Å². The van der Waals surface area contributed by atoms with Gasteiger partial charge >= 0.3 is 5.97 Å². The summed E-state index contributed by atoms with van der Waals surface area (Å²) >= 11 is 0. The number of nitrogens with two attached hydrogens (primary N) is 1. The number of aliphatic carboxylic acids is 1. The Morgan fingerprint density at radius 1 is 1.44 bits per heavy atom. The molecule has 1 unspecified atom stereocenters. The van der Waals surface area contributed by atoms with Crippen LogP contribution in [0, 0.1) is 12.3 Å². The Morgan fingerprint density at radius 3 is 2.50 bits per heavy atom. The SMILES string of the molecule is Cc1ccccc1C(N)CC(C)(C)C(=O)O. The monoisotopic (exact) mass is 221 g/mol. The summed E-state index contributed by atoms with van der Waals surface area (Å²) in [7, 11) is 0. The Labute approximate surface area is 96.3 Å². The zero-order chi connectivity index (χ0) is 12.3. The topological polar surface area (TPSA) is 63.3 Å². The predicted molar refractivity (Wildman–Crippen MR) is 64.1 cm³/mol. The molecule has 0 spiro atoms. The maximum atomic E-state index is 11.0. The number of carbonyl (C=O) groups is 1. The summed E-state index contributed by atoms with van der Waals surface area (Å²) in [6.07, 6.45) is 0.438. The molecule has 0 aliphatic carbocycles. The smallest absolute Gasteiger partial charge is 0.309 e. The van der Waals surface area contributed by atoms with E-state index in [1.165, 1.54) is 0 Å². The second-order valence-corrected chi connectivity index (χ2v) is 4.86. The highest BCUT2D eigenvalue weighted by molar-refractivity contribution is 5.73. The summed E-state index contributed by atoms with van der Waals surface area (Å²) in [5.74, 6) is -0.809. The molecule has 0 aliphatic rings. The van der Waals surface area contributed by atoms with Gasteiger partial charge in [-0.1, -0.05) is 24.3 Å². The zero-order valence-corrected chi connectivity index (χ0v) is 10.0. The van der Waals surface area contributed by atoms with Gasteiger partial charge in [0.2, 0.25) is 0 Å². The lowest BCUT2D eigenvalue weighted by Gasteiger charge is -2.24. The predicted octanol–water partition coefficient (Wildman–Crippen LogP) is 2.50. The fourth-order valence-electron chi connectivity index (χ4n) is 1.75. The van der Waals surface area contributed by atoms with E-state index in [-0.39, 0.29) is 6.04 Å². The van der Waals surface area contributed by atoms with Crippen LogP contribution in [0.2, 0.25) is 0 Å². The van der Waals surface area contributed by atoms with E-state index in [9.17, 15) is 4.79 Å². The van der Waals surface area contributed by atoms with Crippen LogP contribution >= 0.6 is 0 Å². The van der Waals surface area contributed by atoms with Crippen molar-refractivity contribution in [3.8, 4) is 0 Å². The summed E-state index contributed by atoms with van der Waals surface area (Å²) in [6, 6.07) is 7.59. The number of hydrogen-bond acceptors (Lipinski definition) is 2. The van der Waals surface area contributed by atoms with Gasteiger partial charge in [0.1, 0.15) is 0 Å². The molecule has 16 heavy (non-hydrogen) atoms. The van der Waals surface area contributed by atoms with Crippen molar-refractivity contribution in [3.05, 3.63) is 35.4 Å². The van der Waals surface area contributed by atoms with Crippen molar-refractivity contribution in [2.24, 2.45) is 11.1 Å². The Bertz CT molecular complexity index is 385. The number of rotatable bonds is 4. The van der Waals surface area contributed by atoms with Gasteiger partial charge in [0.05, 0.1) is 5.41 Å². The second kappa shape index (κ2) is 4.66. The molecule has 3 N–H and O–H groups in total. The second-order valence-electron chi connectivity index (χ2n) is 4.86. The van der Waals surface area contributed by atoms with Gasteiger partial charge in [0, 0.05) is 6.04 Å². The van der Waals surface area contributed by atoms with E-state index in [1.54, 1.807) is 13.8 Å². The van der Waals surface area contributed by atoms with Gasteiger partial charge in [-0.2, -0.15) is 0 Å². The minimum atomic E-state index is -0.809. The fraction of sp³-hybridized carbons (Fsp3) is 0.462. The first-order valence-electron chi connectivity index (χ1n) is 5.39. The van der Waals surface area contributed by atoms with Crippen LogP contribution in [0.15, 0.2) is 24.3 Å². The van der Waals surface area contributed by atoms with Crippen LogP contribution in [0.1, 0.15) is 37.4 Å². The van der Waals surface area contributed by atoms with Gasteiger partial charge in [-0.05, 0) is 38.3 Å². The van der Waals surface area contributed by atoms with E-state index in [4.69, 9.17) is 10.8 Å². The lowest BCUT2D eigenvalue weighted by atomic mass is 9.83. The van der Waals surface area contributed by atoms with Crippen molar-refractivity contribution in [3.63, 3.8) is 0 Å².